The zero-order valence-electron chi connectivity index (χ0n) is 12.8. The van der Waals surface area contributed by atoms with Crippen LogP contribution in [0.15, 0.2) is 12.1 Å². The highest BCUT2D eigenvalue weighted by atomic mass is 32.1. The van der Waals surface area contributed by atoms with Gasteiger partial charge in [0.25, 0.3) is 0 Å². The first-order valence-corrected chi connectivity index (χ1v) is 7.87. The zero-order valence-corrected chi connectivity index (χ0v) is 13.6. The third-order valence-electron chi connectivity index (χ3n) is 4.29. The maximum atomic E-state index is 5.46. The number of fused-ring (bicyclic) bond motifs is 1. The molecular weight excluding hydrogens is 284 g/mol. The summed E-state index contributed by atoms with van der Waals surface area (Å²) >= 11 is 5.46. The summed E-state index contributed by atoms with van der Waals surface area (Å²) in [6.45, 7) is 7.74. The summed E-state index contributed by atoms with van der Waals surface area (Å²) in [5, 5.41) is 0. The van der Waals surface area contributed by atoms with Crippen LogP contribution in [0, 0.1) is 10.7 Å². The van der Waals surface area contributed by atoms with E-state index >= 15 is 0 Å². The minimum Gasteiger partial charge on any atom is -0.481 e. The number of hydrogen-bond acceptors (Lipinski definition) is 4. The number of aromatic amines is 1. The van der Waals surface area contributed by atoms with Gasteiger partial charge in [-0.2, -0.15) is 4.98 Å². The molecule has 0 radical (unpaired) electrons. The smallest absolute Gasteiger partial charge is 0.215 e. The molecule has 1 aliphatic heterocycles. The number of likely N-dealkylation sites (tertiary alicyclic amines) is 1. The van der Waals surface area contributed by atoms with Crippen LogP contribution < -0.4 is 4.74 Å². The number of pyridine rings is 1. The van der Waals surface area contributed by atoms with Crippen LogP contribution in [0.5, 0.6) is 5.88 Å². The molecule has 6 heteroatoms. The summed E-state index contributed by atoms with van der Waals surface area (Å²) in [6.07, 6.45) is 1.22. The standard InChI is InChI=1S/C15H22N4OS/c1-10(2)18-7-6-11(8-18)9-19-14-12(16-15(19)21)4-5-13(17-14)20-3/h4-5,10-11H,6-9H2,1-3H3,(H,16,21). The van der Waals surface area contributed by atoms with Crippen molar-refractivity contribution >= 4 is 23.4 Å². The number of ether oxygens (including phenoxy) is 1. The Kier molecular flexibility index (Phi) is 3.99. The molecule has 0 bridgehead atoms. The van der Waals surface area contributed by atoms with E-state index in [9.17, 15) is 0 Å². The van der Waals surface area contributed by atoms with Gasteiger partial charge in [0, 0.05) is 25.2 Å². The minimum absolute atomic E-state index is 0.615. The largest absolute Gasteiger partial charge is 0.481 e. The third-order valence-corrected chi connectivity index (χ3v) is 4.61. The minimum atomic E-state index is 0.615. The highest BCUT2D eigenvalue weighted by Crippen LogP contribution is 2.23. The number of imidazole rings is 1. The molecule has 3 rings (SSSR count). The lowest BCUT2D eigenvalue weighted by atomic mass is 10.1. The highest BCUT2D eigenvalue weighted by molar-refractivity contribution is 7.71. The Balaban J connectivity index is 1.87. The fourth-order valence-corrected chi connectivity index (χ4v) is 3.31. The van der Waals surface area contributed by atoms with Gasteiger partial charge in [0.1, 0.15) is 0 Å². The average Bonchev–Trinajstić information content (AvgIpc) is 3.05. The molecule has 0 saturated carbocycles. The Labute approximate surface area is 129 Å². The van der Waals surface area contributed by atoms with Gasteiger partial charge in [-0.05, 0) is 51.0 Å². The van der Waals surface area contributed by atoms with E-state index < -0.39 is 0 Å². The number of nitrogens with zero attached hydrogens (tertiary/aromatic N) is 3. The maximum Gasteiger partial charge on any atom is 0.215 e. The quantitative estimate of drug-likeness (QED) is 0.882. The van der Waals surface area contributed by atoms with Crippen molar-refractivity contribution in [2.24, 2.45) is 5.92 Å². The number of rotatable bonds is 4. The second kappa shape index (κ2) is 5.77. The lowest BCUT2D eigenvalue weighted by Crippen LogP contribution is -2.28. The van der Waals surface area contributed by atoms with Gasteiger partial charge in [0.15, 0.2) is 10.4 Å². The first-order valence-electron chi connectivity index (χ1n) is 7.46. The van der Waals surface area contributed by atoms with Crippen LogP contribution in [0.25, 0.3) is 11.2 Å². The van der Waals surface area contributed by atoms with Crippen molar-refractivity contribution in [1.29, 1.82) is 0 Å². The van der Waals surface area contributed by atoms with Crippen LogP contribution in [0.1, 0.15) is 20.3 Å². The summed E-state index contributed by atoms with van der Waals surface area (Å²) in [5.74, 6) is 1.26. The maximum absolute atomic E-state index is 5.46. The molecule has 21 heavy (non-hydrogen) atoms. The molecule has 2 aromatic rings. The molecule has 1 unspecified atom stereocenters. The Morgan fingerprint density at radius 2 is 2.29 bits per heavy atom. The lowest BCUT2D eigenvalue weighted by Gasteiger charge is -2.20. The molecule has 2 aromatic heterocycles. The fourth-order valence-electron chi connectivity index (χ4n) is 3.04. The van der Waals surface area contributed by atoms with Crippen LogP contribution in [0.2, 0.25) is 0 Å². The Morgan fingerprint density at radius 1 is 1.48 bits per heavy atom. The second-order valence-electron chi connectivity index (χ2n) is 6.01. The summed E-state index contributed by atoms with van der Waals surface area (Å²) in [6, 6.07) is 4.44. The molecular formula is C15H22N4OS. The van der Waals surface area contributed by atoms with E-state index in [1.54, 1.807) is 7.11 Å². The number of H-pyrrole nitrogens is 1. The zero-order chi connectivity index (χ0) is 15.0. The Morgan fingerprint density at radius 3 is 2.95 bits per heavy atom. The molecule has 0 spiro atoms. The fraction of sp³-hybridized carbons (Fsp3) is 0.600. The summed E-state index contributed by atoms with van der Waals surface area (Å²) in [7, 11) is 1.64. The van der Waals surface area contributed by atoms with Crippen molar-refractivity contribution in [3.63, 3.8) is 0 Å². The van der Waals surface area contributed by atoms with Gasteiger partial charge in [-0.1, -0.05) is 0 Å². The molecule has 0 aromatic carbocycles. The predicted octanol–water partition coefficient (Wildman–Crippen LogP) is 2.83. The van der Waals surface area contributed by atoms with E-state index in [-0.39, 0.29) is 0 Å². The normalized spacial score (nSPS) is 19.7. The van der Waals surface area contributed by atoms with Crippen molar-refractivity contribution in [2.45, 2.75) is 32.9 Å². The van der Waals surface area contributed by atoms with E-state index in [1.807, 2.05) is 12.1 Å². The molecule has 1 aliphatic rings. The van der Waals surface area contributed by atoms with E-state index in [0.717, 1.165) is 29.0 Å². The Bertz CT molecular complexity index is 691. The average molecular weight is 306 g/mol. The van der Waals surface area contributed by atoms with Gasteiger partial charge in [-0.15, -0.1) is 0 Å². The van der Waals surface area contributed by atoms with Gasteiger partial charge in [0.2, 0.25) is 5.88 Å². The SMILES string of the molecule is COc1ccc2[nH]c(=S)n(CC3CCN(C(C)C)C3)c2n1. The topological polar surface area (TPSA) is 46.1 Å². The van der Waals surface area contributed by atoms with Gasteiger partial charge >= 0.3 is 0 Å². The third kappa shape index (κ3) is 2.82. The predicted molar refractivity (Wildman–Crippen MR) is 86.3 cm³/mol. The second-order valence-corrected chi connectivity index (χ2v) is 6.40. The van der Waals surface area contributed by atoms with E-state index in [2.05, 4.69) is 33.3 Å². The molecule has 1 atom stereocenters. The summed E-state index contributed by atoms with van der Waals surface area (Å²) < 4.78 is 8.08. The monoisotopic (exact) mass is 306 g/mol. The number of aromatic nitrogens is 3. The van der Waals surface area contributed by atoms with E-state index in [1.165, 1.54) is 13.0 Å². The summed E-state index contributed by atoms with van der Waals surface area (Å²) in [4.78, 5) is 10.3. The van der Waals surface area contributed by atoms with Crippen molar-refractivity contribution in [1.82, 2.24) is 19.4 Å². The van der Waals surface area contributed by atoms with Gasteiger partial charge < -0.3 is 19.2 Å². The van der Waals surface area contributed by atoms with Crippen LogP contribution in [0.4, 0.5) is 0 Å². The molecule has 3 heterocycles. The first-order chi connectivity index (χ1) is 10.1. The van der Waals surface area contributed by atoms with Crippen molar-refractivity contribution < 1.29 is 4.74 Å². The molecule has 1 fully saturated rings. The molecule has 5 nitrogen and oxygen atoms in total. The molecule has 0 aliphatic carbocycles. The van der Waals surface area contributed by atoms with Crippen LogP contribution >= 0.6 is 12.2 Å². The van der Waals surface area contributed by atoms with Gasteiger partial charge in [0.05, 0.1) is 12.6 Å². The Hall–Kier alpha value is -1.40. The number of hydrogen-bond donors (Lipinski definition) is 1. The first kappa shape index (κ1) is 14.5. The van der Waals surface area contributed by atoms with Crippen LogP contribution in [-0.4, -0.2) is 45.7 Å². The van der Waals surface area contributed by atoms with Crippen molar-refractivity contribution in [2.75, 3.05) is 20.2 Å². The van der Waals surface area contributed by atoms with Gasteiger partial charge in [-0.25, -0.2) is 0 Å². The summed E-state index contributed by atoms with van der Waals surface area (Å²) in [5.41, 5.74) is 1.86. The molecule has 0 amide bonds. The van der Waals surface area contributed by atoms with Crippen LogP contribution in [-0.2, 0) is 6.54 Å². The van der Waals surface area contributed by atoms with Crippen LogP contribution in [0.3, 0.4) is 0 Å². The highest BCUT2D eigenvalue weighted by Gasteiger charge is 2.25. The lowest BCUT2D eigenvalue weighted by molar-refractivity contribution is 0.261. The van der Waals surface area contributed by atoms with Crippen molar-refractivity contribution in [3.8, 4) is 5.88 Å². The number of nitrogens with one attached hydrogen (secondary N) is 1. The van der Waals surface area contributed by atoms with E-state index in [4.69, 9.17) is 17.0 Å². The molecule has 1 N–H and O–H groups in total. The van der Waals surface area contributed by atoms with Crippen molar-refractivity contribution in [3.05, 3.63) is 16.9 Å². The molecule has 114 valence electrons. The molecule has 1 saturated heterocycles. The van der Waals surface area contributed by atoms with E-state index in [0.29, 0.717) is 17.8 Å². The number of methoxy groups -OCH3 is 1. The van der Waals surface area contributed by atoms with Gasteiger partial charge in [-0.3, -0.25) is 0 Å².